The zero-order chi connectivity index (χ0) is 23.7. The van der Waals surface area contributed by atoms with Crippen molar-refractivity contribution in [3.05, 3.63) is 101 Å². The summed E-state index contributed by atoms with van der Waals surface area (Å²) >= 11 is 0. The van der Waals surface area contributed by atoms with Crippen LogP contribution in [0.3, 0.4) is 0 Å². The van der Waals surface area contributed by atoms with Crippen LogP contribution in [0.5, 0.6) is 0 Å². The van der Waals surface area contributed by atoms with E-state index in [9.17, 15) is 9.59 Å². The van der Waals surface area contributed by atoms with Gasteiger partial charge in [0, 0.05) is 35.8 Å². The lowest BCUT2D eigenvalue weighted by Crippen LogP contribution is -2.32. The fraction of sp³-hybridized carbons (Fsp3) is 0.207. The molecule has 5 rings (SSSR count). The van der Waals surface area contributed by atoms with Crippen molar-refractivity contribution in [1.82, 2.24) is 9.88 Å². The largest absolute Gasteiger partial charge is 0.366 e. The van der Waals surface area contributed by atoms with Gasteiger partial charge < -0.3 is 10.6 Å². The maximum absolute atomic E-state index is 13.7. The van der Waals surface area contributed by atoms with Gasteiger partial charge in [0.1, 0.15) is 0 Å². The van der Waals surface area contributed by atoms with Crippen molar-refractivity contribution in [1.29, 1.82) is 0 Å². The molecule has 34 heavy (non-hydrogen) atoms. The van der Waals surface area contributed by atoms with E-state index in [0.717, 1.165) is 39.7 Å². The molecule has 1 heterocycles. The third kappa shape index (κ3) is 4.55. The number of primary amides is 1. The van der Waals surface area contributed by atoms with Crippen LogP contribution in [0.25, 0.3) is 22.0 Å². The number of aryl methyl sites for hydroxylation is 1. The first-order chi connectivity index (χ1) is 16.5. The summed E-state index contributed by atoms with van der Waals surface area (Å²) in [6.07, 6.45) is 4.14. The molecule has 0 bridgehead atoms. The quantitative estimate of drug-likeness (QED) is 0.413. The molecule has 1 aliphatic rings. The van der Waals surface area contributed by atoms with E-state index < -0.39 is 5.91 Å². The number of carbonyl (C=O) groups excluding carboxylic acids is 2. The Balaban J connectivity index is 1.47. The zero-order valence-corrected chi connectivity index (χ0v) is 19.2. The fourth-order valence-corrected chi connectivity index (χ4v) is 4.40. The summed E-state index contributed by atoms with van der Waals surface area (Å²) in [4.78, 5) is 31.6. The summed E-state index contributed by atoms with van der Waals surface area (Å²) in [7, 11) is 0. The third-order valence-electron chi connectivity index (χ3n) is 6.52. The minimum absolute atomic E-state index is 0.0304. The number of nitrogens with zero attached hydrogens (tertiary/aromatic N) is 2. The van der Waals surface area contributed by atoms with Gasteiger partial charge in [0.05, 0.1) is 5.52 Å². The van der Waals surface area contributed by atoms with Crippen LogP contribution >= 0.6 is 0 Å². The Kier molecular flexibility index (Phi) is 5.84. The molecule has 1 fully saturated rings. The SMILES string of the molecule is Cc1ccc(C(=O)N(Cc2cccc3ncccc23)CC2CC2)cc1-c1ccc(C(N)=O)cc1. The first-order valence-electron chi connectivity index (χ1n) is 11.6. The zero-order valence-electron chi connectivity index (χ0n) is 19.2. The van der Waals surface area contributed by atoms with Crippen molar-refractivity contribution in [2.24, 2.45) is 11.7 Å². The molecule has 5 nitrogen and oxygen atoms in total. The lowest BCUT2D eigenvalue weighted by molar-refractivity contribution is 0.0735. The summed E-state index contributed by atoms with van der Waals surface area (Å²) in [5.74, 6) is 0.151. The summed E-state index contributed by atoms with van der Waals surface area (Å²) in [5, 5.41) is 1.08. The Morgan fingerprint density at radius 3 is 2.47 bits per heavy atom. The summed E-state index contributed by atoms with van der Waals surface area (Å²) in [6.45, 7) is 3.33. The van der Waals surface area contributed by atoms with Crippen LogP contribution in [0, 0.1) is 12.8 Å². The number of benzene rings is 3. The second-order valence-corrected chi connectivity index (χ2v) is 9.09. The average molecular weight is 450 g/mol. The van der Waals surface area contributed by atoms with Gasteiger partial charge in [-0.05, 0) is 84.3 Å². The van der Waals surface area contributed by atoms with E-state index in [0.29, 0.717) is 23.6 Å². The molecule has 0 aliphatic heterocycles. The molecule has 0 saturated heterocycles. The molecular weight excluding hydrogens is 422 g/mol. The van der Waals surface area contributed by atoms with Crippen molar-refractivity contribution in [2.75, 3.05) is 6.54 Å². The van der Waals surface area contributed by atoms with Crippen molar-refractivity contribution in [2.45, 2.75) is 26.3 Å². The Morgan fingerprint density at radius 1 is 0.971 bits per heavy atom. The number of nitrogens with two attached hydrogens (primary N) is 1. The normalized spacial score (nSPS) is 13.1. The Hall–Kier alpha value is -3.99. The van der Waals surface area contributed by atoms with E-state index in [2.05, 4.69) is 17.1 Å². The van der Waals surface area contributed by atoms with Crippen LogP contribution in [0.2, 0.25) is 0 Å². The topological polar surface area (TPSA) is 76.3 Å². The molecule has 4 aromatic rings. The molecule has 2 N–H and O–H groups in total. The first kappa shape index (κ1) is 21.8. The number of fused-ring (bicyclic) bond motifs is 1. The molecule has 170 valence electrons. The van der Waals surface area contributed by atoms with Gasteiger partial charge in [-0.15, -0.1) is 0 Å². The van der Waals surface area contributed by atoms with E-state index >= 15 is 0 Å². The lowest BCUT2D eigenvalue weighted by Gasteiger charge is -2.24. The molecule has 1 aromatic heterocycles. The van der Waals surface area contributed by atoms with Gasteiger partial charge >= 0.3 is 0 Å². The van der Waals surface area contributed by atoms with Crippen molar-refractivity contribution in [3.63, 3.8) is 0 Å². The predicted octanol–water partition coefficient (Wildman–Crippen LogP) is 5.36. The second-order valence-electron chi connectivity index (χ2n) is 9.09. The summed E-state index contributed by atoms with van der Waals surface area (Å²) in [6, 6.07) is 23.1. The Labute approximate surface area is 199 Å². The van der Waals surface area contributed by atoms with Crippen molar-refractivity contribution >= 4 is 22.7 Å². The highest BCUT2D eigenvalue weighted by Gasteiger charge is 2.28. The van der Waals surface area contributed by atoms with E-state index in [4.69, 9.17) is 5.73 Å². The van der Waals surface area contributed by atoms with Gasteiger partial charge in [0.2, 0.25) is 5.91 Å². The summed E-state index contributed by atoms with van der Waals surface area (Å²) in [5.41, 5.74) is 11.5. The van der Waals surface area contributed by atoms with Crippen molar-refractivity contribution < 1.29 is 9.59 Å². The van der Waals surface area contributed by atoms with E-state index in [1.807, 2.05) is 60.4 Å². The standard InChI is InChI=1S/C29H27N3O2/c1-19-7-10-23(16-26(19)21-11-13-22(14-12-21)28(30)33)29(34)32(17-20-8-9-20)18-24-4-2-6-27-25(24)5-3-15-31-27/h2-7,10-16,20H,8-9,17-18H2,1H3,(H2,30,33). The molecule has 5 heteroatoms. The maximum Gasteiger partial charge on any atom is 0.254 e. The number of hydrogen-bond donors (Lipinski definition) is 1. The highest BCUT2D eigenvalue weighted by molar-refractivity contribution is 5.97. The number of amides is 2. The van der Waals surface area contributed by atoms with Crippen LogP contribution in [-0.4, -0.2) is 28.2 Å². The van der Waals surface area contributed by atoms with Crippen molar-refractivity contribution in [3.8, 4) is 11.1 Å². The number of hydrogen-bond acceptors (Lipinski definition) is 3. The van der Waals surface area contributed by atoms with Gasteiger partial charge in [0.25, 0.3) is 5.91 Å². The molecule has 2 amide bonds. The van der Waals surface area contributed by atoms with Gasteiger partial charge in [-0.2, -0.15) is 0 Å². The first-order valence-corrected chi connectivity index (χ1v) is 11.6. The van der Waals surface area contributed by atoms with E-state index in [1.54, 1.807) is 18.3 Å². The average Bonchev–Trinajstić information content (AvgIpc) is 3.68. The number of aromatic nitrogens is 1. The van der Waals surface area contributed by atoms with Gasteiger partial charge in [-0.3, -0.25) is 14.6 Å². The Morgan fingerprint density at radius 2 is 1.74 bits per heavy atom. The van der Waals surface area contributed by atoms with Gasteiger partial charge in [-0.1, -0.05) is 36.4 Å². The molecule has 3 aromatic carbocycles. The van der Waals surface area contributed by atoms with Crippen LogP contribution < -0.4 is 5.73 Å². The summed E-state index contributed by atoms with van der Waals surface area (Å²) < 4.78 is 0. The van der Waals surface area contributed by atoms with Crippen LogP contribution in [0.1, 0.15) is 44.7 Å². The molecule has 0 unspecified atom stereocenters. The third-order valence-corrected chi connectivity index (χ3v) is 6.52. The molecule has 1 aliphatic carbocycles. The van der Waals surface area contributed by atoms with E-state index in [-0.39, 0.29) is 5.91 Å². The maximum atomic E-state index is 13.7. The highest BCUT2D eigenvalue weighted by Crippen LogP contribution is 2.32. The number of carbonyl (C=O) groups is 2. The highest BCUT2D eigenvalue weighted by atomic mass is 16.2. The lowest BCUT2D eigenvalue weighted by atomic mass is 9.96. The van der Waals surface area contributed by atoms with Gasteiger partial charge in [-0.25, -0.2) is 0 Å². The molecule has 1 saturated carbocycles. The fourth-order valence-electron chi connectivity index (χ4n) is 4.40. The van der Waals surface area contributed by atoms with E-state index in [1.165, 1.54) is 12.8 Å². The van der Waals surface area contributed by atoms with Crippen LogP contribution in [0.4, 0.5) is 0 Å². The molecule has 0 radical (unpaired) electrons. The van der Waals surface area contributed by atoms with Gasteiger partial charge in [0.15, 0.2) is 0 Å². The Bertz CT molecular complexity index is 1370. The van der Waals surface area contributed by atoms with Crippen LogP contribution in [0.15, 0.2) is 79.0 Å². The molecule has 0 atom stereocenters. The van der Waals surface area contributed by atoms with Crippen LogP contribution in [-0.2, 0) is 6.54 Å². The minimum atomic E-state index is -0.452. The number of pyridine rings is 1. The number of rotatable bonds is 7. The molecule has 0 spiro atoms. The predicted molar refractivity (Wildman–Crippen MR) is 134 cm³/mol. The smallest absolute Gasteiger partial charge is 0.254 e. The minimum Gasteiger partial charge on any atom is -0.366 e. The monoisotopic (exact) mass is 449 g/mol. The molecular formula is C29H27N3O2. The second kappa shape index (κ2) is 9.10.